The van der Waals surface area contributed by atoms with E-state index in [2.05, 4.69) is 45.5 Å². The van der Waals surface area contributed by atoms with Crippen LogP contribution in [-0.2, 0) is 6.54 Å². The van der Waals surface area contributed by atoms with Crippen molar-refractivity contribution in [2.24, 2.45) is 5.92 Å². The van der Waals surface area contributed by atoms with E-state index in [1.54, 1.807) is 17.0 Å². The van der Waals surface area contributed by atoms with E-state index in [1.165, 1.54) is 22.9 Å². The molecule has 4 atom stereocenters. The molecule has 2 N–H and O–H groups in total. The molecule has 4 unspecified atom stereocenters. The van der Waals surface area contributed by atoms with Gasteiger partial charge in [0, 0.05) is 61.7 Å². The van der Waals surface area contributed by atoms with Crippen molar-refractivity contribution in [3.05, 3.63) is 75.5 Å². The molecule has 1 aromatic heterocycles. The van der Waals surface area contributed by atoms with Crippen molar-refractivity contribution in [2.45, 2.75) is 51.9 Å². The van der Waals surface area contributed by atoms with Crippen LogP contribution >= 0.6 is 11.6 Å². The van der Waals surface area contributed by atoms with Gasteiger partial charge in [-0.2, -0.15) is 0 Å². The number of nitrogens with one attached hydrogen (secondary N) is 2. The van der Waals surface area contributed by atoms with Crippen LogP contribution in [0.3, 0.4) is 0 Å². The molecule has 0 aliphatic carbocycles. The van der Waals surface area contributed by atoms with Crippen LogP contribution in [0.25, 0.3) is 0 Å². The molecule has 5 rings (SSSR count). The molecule has 9 heteroatoms. The summed E-state index contributed by atoms with van der Waals surface area (Å²) in [6.07, 6.45) is 2.74. The quantitative estimate of drug-likeness (QED) is 0.566. The first-order chi connectivity index (χ1) is 17.2. The van der Waals surface area contributed by atoms with E-state index in [-0.39, 0.29) is 30.0 Å². The Hall–Kier alpha value is -2.68. The number of carbonyl (C=O) groups excluding carboxylic acids is 1. The number of aryl methyl sites for hydroxylation is 1. The number of rotatable bonds is 6. The number of piperidine rings is 1. The topological polar surface area (TPSA) is 63.5 Å². The number of hydrogen-bond acceptors (Lipinski definition) is 5. The molecule has 36 heavy (non-hydrogen) atoms. The highest BCUT2D eigenvalue weighted by atomic mass is 35.5. The van der Waals surface area contributed by atoms with Gasteiger partial charge in [-0.25, -0.2) is 14.6 Å². The summed E-state index contributed by atoms with van der Waals surface area (Å²) >= 11 is 6.24. The van der Waals surface area contributed by atoms with Crippen molar-refractivity contribution in [1.29, 1.82) is 0 Å². The highest BCUT2D eigenvalue weighted by molar-refractivity contribution is 6.31. The molecule has 3 aliphatic rings. The summed E-state index contributed by atoms with van der Waals surface area (Å²) in [4.78, 5) is 21.3. The molecule has 2 fully saturated rings. The van der Waals surface area contributed by atoms with Gasteiger partial charge in [0.2, 0.25) is 0 Å². The second-order valence-electron chi connectivity index (χ2n) is 10.5. The number of halogens is 2. The van der Waals surface area contributed by atoms with Crippen molar-refractivity contribution in [3.8, 4) is 0 Å². The maximum absolute atomic E-state index is 14.3. The summed E-state index contributed by atoms with van der Waals surface area (Å²) in [5.74, 6) is 0.102. The van der Waals surface area contributed by atoms with Gasteiger partial charge >= 0.3 is 6.03 Å². The Morgan fingerprint density at radius 2 is 2.11 bits per heavy atom. The van der Waals surface area contributed by atoms with Gasteiger partial charge in [-0.15, -0.1) is 0 Å². The molecule has 0 spiro atoms. The molecule has 192 valence electrons. The molecule has 4 heterocycles. The maximum Gasteiger partial charge on any atom is 0.317 e. The Morgan fingerprint density at radius 3 is 2.81 bits per heavy atom. The molecule has 7 nitrogen and oxygen atoms in total. The largest absolute Gasteiger partial charge is 0.334 e. The summed E-state index contributed by atoms with van der Waals surface area (Å²) in [5.41, 5.74) is 8.86. The number of benzene rings is 1. The third kappa shape index (κ3) is 5.08. The van der Waals surface area contributed by atoms with Gasteiger partial charge in [0.25, 0.3) is 0 Å². The highest BCUT2D eigenvalue weighted by Gasteiger charge is 2.50. The van der Waals surface area contributed by atoms with E-state index >= 15 is 0 Å². The van der Waals surface area contributed by atoms with Crippen molar-refractivity contribution in [1.82, 2.24) is 30.5 Å². The lowest BCUT2D eigenvalue weighted by molar-refractivity contribution is 0.136. The summed E-state index contributed by atoms with van der Waals surface area (Å²) in [7, 11) is 1.84. The smallest absolute Gasteiger partial charge is 0.317 e. The maximum atomic E-state index is 14.3. The van der Waals surface area contributed by atoms with Crippen LogP contribution in [0.2, 0.25) is 5.02 Å². The van der Waals surface area contributed by atoms with Gasteiger partial charge < -0.3 is 10.2 Å². The second kappa shape index (κ2) is 10.00. The van der Waals surface area contributed by atoms with Crippen LogP contribution in [0.1, 0.15) is 43.1 Å². The zero-order chi connectivity index (χ0) is 25.6. The molecule has 0 radical (unpaired) electrons. The fourth-order valence-electron chi connectivity index (χ4n) is 5.70. The fourth-order valence-corrected chi connectivity index (χ4v) is 5.93. The van der Waals surface area contributed by atoms with Crippen molar-refractivity contribution < 1.29 is 9.18 Å². The number of pyridine rings is 1. The Morgan fingerprint density at radius 1 is 1.31 bits per heavy atom. The van der Waals surface area contributed by atoms with Gasteiger partial charge in [-0.05, 0) is 61.6 Å². The average Bonchev–Trinajstić information content (AvgIpc) is 3.38. The van der Waals surface area contributed by atoms with Gasteiger partial charge in [0.05, 0.1) is 11.7 Å². The predicted octanol–water partition coefficient (Wildman–Crippen LogP) is 4.25. The van der Waals surface area contributed by atoms with Crippen LogP contribution < -0.4 is 10.7 Å². The van der Waals surface area contributed by atoms with Crippen LogP contribution in [0, 0.1) is 18.7 Å². The first-order valence-electron chi connectivity index (χ1n) is 12.6. The molecule has 1 aromatic carbocycles. The van der Waals surface area contributed by atoms with Gasteiger partial charge in [-0.3, -0.25) is 14.9 Å². The number of fused-ring (bicyclic) bond motifs is 1. The third-order valence-corrected chi connectivity index (χ3v) is 7.83. The molecule has 2 aromatic rings. The highest BCUT2D eigenvalue weighted by Crippen LogP contribution is 2.45. The van der Waals surface area contributed by atoms with Crippen molar-refractivity contribution in [3.63, 3.8) is 0 Å². The number of urea groups is 1. The van der Waals surface area contributed by atoms with E-state index in [4.69, 9.17) is 11.6 Å². The molecule has 2 saturated heterocycles. The zero-order valence-electron chi connectivity index (χ0n) is 21.3. The predicted molar refractivity (Wildman–Crippen MR) is 139 cm³/mol. The molecular weight excluding hydrogens is 479 g/mol. The second-order valence-corrected chi connectivity index (χ2v) is 10.9. The van der Waals surface area contributed by atoms with Crippen LogP contribution in [-0.4, -0.2) is 64.6 Å². The number of likely N-dealkylation sites (N-methyl/N-ethyl adjacent to an activating group) is 1. The van der Waals surface area contributed by atoms with Crippen LogP contribution in [0.15, 0.2) is 47.8 Å². The van der Waals surface area contributed by atoms with Crippen molar-refractivity contribution >= 4 is 17.6 Å². The standard InChI is InChI=1S/C27H34ClFN6O/c1-16-10-20(13-34(12-16)14-21-22(28)6-5-7-23(21)29)31-27(36)33(4)15-24-26-18(3)25(32-35(24)26)19-8-9-30-17(2)11-19/h5-9,11,16,20,24-25,32H,10,12-15H2,1-4H3,(H,31,36). The Bertz CT molecular complexity index is 1170. The van der Waals surface area contributed by atoms with Gasteiger partial charge in [-0.1, -0.05) is 24.6 Å². The Balaban J connectivity index is 1.16. The molecule has 2 amide bonds. The summed E-state index contributed by atoms with van der Waals surface area (Å²) in [6.45, 7) is 8.89. The number of hydrazine groups is 1. The number of carbonyl (C=O) groups is 1. The number of nitrogens with zero attached hydrogens (tertiary/aromatic N) is 4. The minimum atomic E-state index is -0.287. The van der Waals surface area contributed by atoms with Crippen LogP contribution in [0.5, 0.6) is 0 Å². The molecule has 0 saturated carbocycles. The first-order valence-corrected chi connectivity index (χ1v) is 12.9. The van der Waals surface area contributed by atoms with Crippen molar-refractivity contribution in [2.75, 3.05) is 26.7 Å². The summed E-state index contributed by atoms with van der Waals surface area (Å²) in [5, 5.41) is 5.81. The van der Waals surface area contributed by atoms with E-state index < -0.39 is 0 Å². The Kier molecular flexibility index (Phi) is 6.94. The SMILES string of the molecule is CC1=C2C(CN(C)C(=O)NC3CC(C)CN(Cc4c(F)cccc4Cl)C3)N2NC1c1ccnc(C)c1. The lowest BCUT2D eigenvalue weighted by Crippen LogP contribution is -2.53. The molecule has 0 bridgehead atoms. The molecular formula is C27H34ClFN6O. The lowest BCUT2D eigenvalue weighted by Gasteiger charge is -2.37. The van der Waals surface area contributed by atoms with E-state index in [1.807, 2.05) is 26.2 Å². The Labute approximate surface area is 217 Å². The first kappa shape index (κ1) is 25.0. The van der Waals surface area contributed by atoms with E-state index in [0.717, 1.165) is 18.7 Å². The monoisotopic (exact) mass is 512 g/mol. The third-order valence-electron chi connectivity index (χ3n) is 7.48. The minimum Gasteiger partial charge on any atom is -0.334 e. The number of likely N-dealkylation sites (tertiary alicyclic amines) is 1. The van der Waals surface area contributed by atoms with E-state index in [9.17, 15) is 9.18 Å². The normalized spacial score (nSPS) is 25.7. The fraction of sp³-hybridized carbons (Fsp3) is 0.481. The number of hydrogen-bond donors (Lipinski definition) is 2. The van der Waals surface area contributed by atoms with E-state index in [0.29, 0.717) is 36.1 Å². The van der Waals surface area contributed by atoms with Crippen LogP contribution in [0.4, 0.5) is 9.18 Å². The summed E-state index contributed by atoms with van der Waals surface area (Å²) < 4.78 is 14.3. The number of aromatic nitrogens is 1. The number of amides is 2. The minimum absolute atomic E-state index is 0.00615. The zero-order valence-corrected chi connectivity index (χ0v) is 22.0. The molecule has 3 aliphatic heterocycles. The summed E-state index contributed by atoms with van der Waals surface area (Å²) in [6, 6.07) is 9.22. The average molecular weight is 513 g/mol. The van der Waals surface area contributed by atoms with Gasteiger partial charge in [0.1, 0.15) is 11.9 Å². The van der Waals surface area contributed by atoms with Gasteiger partial charge in [0.15, 0.2) is 0 Å². The lowest BCUT2D eigenvalue weighted by atomic mass is 9.95.